The molecule has 0 fully saturated rings. The molecule has 0 aliphatic carbocycles. The number of rotatable bonds is 9. The predicted octanol–water partition coefficient (Wildman–Crippen LogP) is 4.03. The SMILES string of the molecule is C=CCSc1nnc(NC(=O)c2ccc(N(Cc3ccccc3)S(C)(=O)=O)cc2)s1. The van der Waals surface area contributed by atoms with Crippen molar-refractivity contribution in [2.45, 2.75) is 10.9 Å². The molecule has 0 spiro atoms. The van der Waals surface area contributed by atoms with Crippen LogP contribution in [0.2, 0.25) is 0 Å². The third-order valence-corrected chi connectivity index (χ3v) is 7.05. The minimum Gasteiger partial charge on any atom is -0.296 e. The largest absolute Gasteiger partial charge is 0.296 e. The zero-order chi connectivity index (χ0) is 21.6. The molecule has 0 aliphatic rings. The number of thioether (sulfide) groups is 1. The van der Waals surface area contributed by atoms with Crippen LogP contribution in [0, 0.1) is 0 Å². The second-order valence-electron chi connectivity index (χ2n) is 6.23. The van der Waals surface area contributed by atoms with Crippen LogP contribution in [0.5, 0.6) is 0 Å². The maximum atomic E-state index is 12.5. The van der Waals surface area contributed by atoms with Crippen molar-refractivity contribution in [2.75, 3.05) is 21.6 Å². The van der Waals surface area contributed by atoms with Gasteiger partial charge in [-0.2, -0.15) is 0 Å². The van der Waals surface area contributed by atoms with E-state index in [1.807, 2.05) is 30.3 Å². The van der Waals surface area contributed by atoms with Crippen LogP contribution in [-0.2, 0) is 16.6 Å². The molecule has 2 aromatic carbocycles. The third kappa shape index (κ3) is 5.91. The fourth-order valence-corrected chi connectivity index (χ4v) is 4.94. The van der Waals surface area contributed by atoms with Gasteiger partial charge in [0.2, 0.25) is 15.2 Å². The molecule has 0 unspecified atom stereocenters. The molecule has 0 saturated heterocycles. The molecular formula is C20H20N4O3S3. The van der Waals surface area contributed by atoms with Gasteiger partial charge >= 0.3 is 0 Å². The molecule has 1 N–H and O–H groups in total. The maximum absolute atomic E-state index is 12.5. The number of nitrogens with zero attached hydrogens (tertiary/aromatic N) is 3. The van der Waals surface area contributed by atoms with Crippen LogP contribution in [0.15, 0.2) is 71.6 Å². The Kier molecular flexibility index (Phi) is 7.24. The van der Waals surface area contributed by atoms with Crippen LogP contribution < -0.4 is 9.62 Å². The number of nitrogens with one attached hydrogen (secondary N) is 1. The summed E-state index contributed by atoms with van der Waals surface area (Å²) in [6.45, 7) is 3.86. The number of hydrogen-bond donors (Lipinski definition) is 1. The quantitative estimate of drug-likeness (QED) is 0.294. The van der Waals surface area contributed by atoms with E-state index in [4.69, 9.17) is 0 Å². The minimum absolute atomic E-state index is 0.209. The Labute approximate surface area is 183 Å². The van der Waals surface area contributed by atoms with Crippen LogP contribution in [0.1, 0.15) is 15.9 Å². The fourth-order valence-electron chi connectivity index (χ4n) is 2.55. The molecule has 0 bridgehead atoms. The molecule has 0 aliphatic heterocycles. The molecule has 0 atom stereocenters. The number of amides is 1. The number of benzene rings is 2. The molecule has 3 aromatic rings. The molecular weight excluding hydrogens is 440 g/mol. The van der Waals surface area contributed by atoms with Gasteiger partial charge in [-0.3, -0.25) is 14.4 Å². The van der Waals surface area contributed by atoms with Crippen LogP contribution in [0.25, 0.3) is 0 Å². The van der Waals surface area contributed by atoms with E-state index in [1.165, 1.54) is 27.4 Å². The molecule has 7 nitrogen and oxygen atoms in total. The van der Waals surface area contributed by atoms with E-state index in [2.05, 4.69) is 22.1 Å². The van der Waals surface area contributed by atoms with Gasteiger partial charge < -0.3 is 0 Å². The lowest BCUT2D eigenvalue weighted by atomic mass is 10.2. The number of carbonyl (C=O) groups excluding carboxylic acids is 1. The van der Waals surface area contributed by atoms with Crippen molar-refractivity contribution in [3.05, 3.63) is 78.4 Å². The van der Waals surface area contributed by atoms with Gasteiger partial charge in [-0.1, -0.05) is 59.5 Å². The van der Waals surface area contributed by atoms with Gasteiger partial charge in [0.1, 0.15) is 0 Å². The summed E-state index contributed by atoms with van der Waals surface area (Å²) in [5, 5.41) is 11.1. The van der Waals surface area contributed by atoms with Crippen LogP contribution in [0.4, 0.5) is 10.8 Å². The van der Waals surface area contributed by atoms with Crippen molar-refractivity contribution < 1.29 is 13.2 Å². The van der Waals surface area contributed by atoms with E-state index in [9.17, 15) is 13.2 Å². The molecule has 30 heavy (non-hydrogen) atoms. The first-order valence-corrected chi connectivity index (χ1v) is 12.5. The normalized spacial score (nSPS) is 11.1. The maximum Gasteiger partial charge on any atom is 0.257 e. The summed E-state index contributed by atoms with van der Waals surface area (Å²) in [6, 6.07) is 15.7. The Morgan fingerprint density at radius 1 is 1.17 bits per heavy atom. The first-order valence-electron chi connectivity index (χ1n) is 8.87. The highest BCUT2D eigenvalue weighted by Crippen LogP contribution is 2.26. The zero-order valence-electron chi connectivity index (χ0n) is 16.2. The van der Waals surface area contributed by atoms with Crippen molar-refractivity contribution in [1.82, 2.24) is 10.2 Å². The summed E-state index contributed by atoms with van der Waals surface area (Å²) in [4.78, 5) is 12.5. The predicted molar refractivity (Wildman–Crippen MR) is 123 cm³/mol. The summed E-state index contributed by atoms with van der Waals surface area (Å²) < 4.78 is 26.6. The molecule has 10 heteroatoms. The first kappa shape index (κ1) is 22.0. The highest BCUT2D eigenvalue weighted by atomic mass is 32.2. The van der Waals surface area contributed by atoms with Crippen molar-refractivity contribution in [3.63, 3.8) is 0 Å². The molecule has 1 aromatic heterocycles. The second-order valence-corrected chi connectivity index (χ2v) is 10.4. The Bertz CT molecular complexity index is 1110. The lowest BCUT2D eigenvalue weighted by Crippen LogP contribution is -2.29. The molecule has 0 radical (unpaired) electrons. The highest BCUT2D eigenvalue weighted by molar-refractivity contribution is 8.01. The summed E-state index contributed by atoms with van der Waals surface area (Å²) in [6.07, 6.45) is 2.93. The van der Waals surface area contributed by atoms with Crippen molar-refractivity contribution in [2.24, 2.45) is 0 Å². The summed E-state index contributed by atoms with van der Waals surface area (Å²) in [5.74, 6) is 0.371. The van der Waals surface area contributed by atoms with Crippen molar-refractivity contribution >= 4 is 49.8 Å². The van der Waals surface area contributed by atoms with E-state index >= 15 is 0 Å². The Morgan fingerprint density at radius 3 is 2.50 bits per heavy atom. The fraction of sp³-hybridized carbons (Fsp3) is 0.150. The van der Waals surface area contributed by atoms with Crippen molar-refractivity contribution in [1.29, 1.82) is 0 Å². The van der Waals surface area contributed by atoms with Gasteiger partial charge in [0.15, 0.2) is 4.34 Å². The van der Waals surface area contributed by atoms with E-state index in [-0.39, 0.29) is 12.5 Å². The number of aromatic nitrogens is 2. The summed E-state index contributed by atoms with van der Waals surface area (Å²) in [7, 11) is -3.50. The van der Waals surface area contributed by atoms with Crippen LogP contribution in [0.3, 0.4) is 0 Å². The molecule has 0 saturated carbocycles. The van der Waals surface area contributed by atoms with E-state index in [0.29, 0.717) is 22.1 Å². The van der Waals surface area contributed by atoms with Gasteiger partial charge in [-0.25, -0.2) is 8.42 Å². The van der Waals surface area contributed by atoms with Crippen LogP contribution >= 0.6 is 23.1 Å². The second kappa shape index (κ2) is 9.88. The molecule has 3 rings (SSSR count). The molecule has 1 amide bonds. The average Bonchev–Trinajstić information content (AvgIpc) is 3.18. The van der Waals surface area contributed by atoms with Gasteiger partial charge in [-0.15, -0.1) is 16.8 Å². The standard InChI is InChI=1S/C20H20N4O3S3/c1-3-13-28-20-23-22-19(29-20)21-18(25)16-9-11-17(12-10-16)24(30(2,26)27)14-15-7-5-4-6-8-15/h3-12H,1,13-14H2,2H3,(H,21,22,25). The van der Waals surface area contributed by atoms with E-state index in [1.54, 1.807) is 30.3 Å². The third-order valence-electron chi connectivity index (χ3n) is 3.94. The number of sulfonamides is 1. The summed E-state index contributed by atoms with van der Waals surface area (Å²) >= 11 is 2.77. The molecule has 156 valence electrons. The minimum atomic E-state index is -3.50. The number of carbonyl (C=O) groups is 1. The van der Waals surface area contributed by atoms with E-state index < -0.39 is 10.0 Å². The number of anilines is 2. The lowest BCUT2D eigenvalue weighted by molar-refractivity contribution is 0.102. The highest BCUT2D eigenvalue weighted by Gasteiger charge is 2.18. The van der Waals surface area contributed by atoms with Gasteiger partial charge in [-0.05, 0) is 29.8 Å². The Balaban J connectivity index is 1.72. The van der Waals surface area contributed by atoms with Crippen LogP contribution in [-0.4, -0.2) is 36.5 Å². The Morgan fingerprint density at radius 2 is 1.87 bits per heavy atom. The zero-order valence-corrected chi connectivity index (χ0v) is 18.6. The van der Waals surface area contributed by atoms with Gasteiger partial charge in [0.05, 0.1) is 18.5 Å². The van der Waals surface area contributed by atoms with Gasteiger partial charge in [0, 0.05) is 11.3 Å². The topological polar surface area (TPSA) is 92.3 Å². The van der Waals surface area contributed by atoms with Gasteiger partial charge in [0.25, 0.3) is 5.91 Å². The van der Waals surface area contributed by atoms with Crippen molar-refractivity contribution in [3.8, 4) is 0 Å². The Hall–Kier alpha value is -2.69. The van der Waals surface area contributed by atoms with E-state index in [0.717, 1.165) is 16.2 Å². The monoisotopic (exact) mass is 460 g/mol. The first-order chi connectivity index (χ1) is 14.4. The lowest BCUT2D eigenvalue weighted by Gasteiger charge is -2.22. The summed E-state index contributed by atoms with van der Waals surface area (Å²) in [5.41, 5.74) is 1.74. The smallest absolute Gasteiger partial charge is 0.257 e. The number of hydrogen-bond acceptors (Lipinski definition) is 7. The average molecular weight is 461 g/mol. The molecule has 1 heterocycles.